The summed E-state index contributed by atoms with van der Waals surface area (Å²) in [5.41, 5.74) is 7.25. The minimum Gasteiger partial charge on any atom is -0.309 e. The van der Waals surface area contributed by atoms with Crippen LogP contribution in [0.4, 0.5) is 0 Å². The third kappa shape index (κ3) is 4.44. The molecule has 0 amide bonds. The molecule has 56 heavy (non-hydrogen) atoms. The molecule has 6 nitrogen and oxygen atoms in total. The summed E-state index contributed by atoms with van der Waals surface area (Å²) in [5, 5.41) is 21.3. The van der Waals surface area contributed by atoms with Crippen molar-refractivity contribution in [3.63, 3.8) is 0 Å². The molecule has 0 saturated heterocycles. The molecule has 3 aromatic heterocycles. The lowest BCUT2D eigenvalue weighted by molar-refractivity contribution is 0.904. The van der Waals surface area contributed by atoms with Gasteiger partial charge in [0.15, 0.2) is 11.6 Å². The van der Waals surface area contributed by atoms with Crippen molar-refractivity contribution in [3.05, 3.63) is 182 Å². The molecule has 0 aliphatic rings. The lowest BCUT2D eigenvalue weighted by atomic mass is 9.96. The van der Waals surface area contributed by atoms with Crippen molar-refractivity contribution in [2.75, 3.05) is 0 Å². The summed E-state index contributed by atoms with van der Waals surface area (Å²) >= 11 is 0. The fourth-order valence-electron chi connectivity index (χ4n) is 8.82. The third-order valence-corrected chi connectivity index (χ3v) is 11.3. The summed E-state index contributed by atoms with van der Waals surface area (Å²) in [6.07, 6.45) is 1.85. The Labute approximate surface area is 320 Å². The molecule has 0 saturated carbocycles. The Balaban J connectivity index is 1.09. The number of rotatable bonds is 4. The Morgan fingerprint density at radius 3 is 1.54 bits per heavy atom. The topological polar surface area (TPSA) is 61.4 Å². The fraction of sp³-hybridized carbons (Fsp3) is 0. The highest BCUT2D eigenvalue weighted by Crippen LogP contribution is 2.40. The average Bonchev–Trinajstić information content (AvgIpc) is 3.83. The van der Waals surface area contributed by atoms with Gasteiger partial charge >= 0.3 is 0 Å². The first-order valence-electron chi connectivity index (χ1n) is 18.8. The molecule has 0 unspecified atom stereocenters. The fourth-order valence-corrected chi connectivity index (χ4v) is 8.82. The van der Waals surface area contributed by atoms with Gasteiger partial charge in [0.25, 0.3) is 0 Å². The summed E-state index contributed by atoms with van der Waals surface area (Å²) in [7, 11) is 0. The van der Waals surface area contributed by atoms with Gasteiger partial charge in [-0.15, -0.1) is 10.2 Å². The molecule has 0 N–H and O–H groups in total. The molecule has 260 valence electrons. The molecule has 0 fully saturated rings. The second kappa shape index (κ2) is 11.9. The first-order valence-corrected chi connectivity index (χ1v) is 18.8. The van der Waals surface area contributed by atoms with Gasteiger partial charge in [0.1, 0.15) is 5.82 Å². The molecule has 12 aromatic rings. The van der Waals surface area contributed by atoms with E-state index in [2.05, 4.69) is 185 Å². The van der Waals surface area contributed by atoms with Gasteiger partial charge < -0.3 is 4.57 Å². The molecule has 0 aliphatic heterocycles. The normalized spacial score (nSPS) is 11.9. The maximum absolute atomic E-state index is 5.45. The van der Waals surface area contributed by atoms with Crippen LogP contribution in [0.15, 0.2) is 182 Å². The SMILES string of the molecule is c1ccc2c(-c3ncc(-n4c(-c5ccc(-n6c7ccccc7c7ccccc76)cc5)nc5c6ccccc6c6ccccc6c54)nn3)c3ccccc3cc2c1. The first kappa shape index (κ1) is 30.7. The lowest BCUT2D eigenvalue weighted by Crippen LogP contribution is -2.05. The van der Waals surface area contributed by atoms with Gasteiger partial charge in [-0.3, -0.25) is 4.57 Å². The number of fused-ring (bicyclic) bond motifs is 11. The molecule has 0 bridgehead atoms. The third-order valence-electron chi connectivity index (χ3n) is 11.3. The Hall–Kier alpha value is -7.70. The van der Waals surface area contributed by atoms with Crippen LogP contribution in [-0.2, 0) is 0 Å². The lowest BCUT2D eigenvalue weighted by Gasteiger charge is -2.13. The zero-order valence-electron chi connectivity index (χ0n) is 30.0. The van der Waals surface area contributed by atoms with Crippen LogP contribution in [0.1, 0.15) is 0 Å². The van der Waals surface area contributed by atoms with Crippen molar-refractivity contribution in [2.24, 2.45) is 0 Å². The van der Waals surface area contributed by atoms with Gasteiger partial charge in [0.05, 0.1) is 28.3 Å². The Morgan fingerprint density at radius 1 is 0.411 bits per heavy atom. The van der Waals surface area contributed by atoms with Crippen LogP contribution in [-0.4, -0.2) is 29.3 Å². The highest BCUT2D eigenvalue weighted by molar-refractivity contribution is 6.24. The van der Waals surface area contributed by atoms with Crippen molar-refractivity contribution in [1.82, 2.24) is 29.3 Å². The number of imidazole rings is 1. The minimum atomic E-state index is 0.582. The molecular formula is C50H30N6. The van der Waals surface area contributed by atoms with Gasteiger partial charge in [0, 0.05) is 38.4 Å². The summed E-state index contributed by atoms with van der Waals surface area (Å²) in [4.78, 5) is 10.5. The predicted octanol–water partition coefficient (Wildman–Crippen LogP) is 12.3. The summed E-state index contributed by atoms with van der Waals surface area (Å²) < 4.78 is 4.48. The van der Waals surface area contributed by atoms with E-state index in [0.717, 1.165) is 76.8 Å². The van der Waals surface area contributed by atoms with Gasteiger partial charge in [-0.1, -0.05) is 133 Å². The van der Waals surface area contributed by atoms with Crippen molar-refractivity contribution in [1.29, 1.82) is 0 Å². The molecule has 3 heterocycles. The van der Waals surface area contributed by atoms with Gasteiger partial charge in [0.2, 0.25) is 0 Å². The van der Waals surface area contributed by atoms with E-state index in [1.807, 2.05) is 6.20 Å². The van der Waals surface area contributed by atoms with Crippen molar-refractivity contribution < 1.29 is 0 Å². The number of hydrogen-bond acceptors (Lipinski definition) is 4. The second-order valence-corrected chi connectivity index (χ2v) is 14.3. The van der Waals surface area contributed by atoms with Gasteiger partial charge in [-0.2, -0.15) is 0 Å². The molecule has 6 heteroatoms. The second-order valence-electron chi connectivity index (χ2n) is 14.3. The monoisotopic (exact) mass is 714 g/mol. The highest BCUT2D eigenvalue weighted by atomic mass is 15.3. The van der Waals surface area contributed by atoms with Crippen molar-refractivity contribution >= 4 is 75.9 Å². The molecule has 0 atom stereocenters. The van der Waals surface area contributed by atoms with Crippen LogP contribution in [0.3, 0.4) is 0 Å². The minimum absolute atomic E-state index is 0.582. The average molecular weight is 715 g/mol. The van der Waals surface area contributed by atoms with Crippen LogP contribution in [0.5, 0.6) is 0 Å². The molecule has 9 aromatic carbocycles. The van der Waals surface area contributed by atoms with E-state index < -0.39 is 0 Å². The number of nitrogens with zero attached hydrogens (tertiary/aromatic N) is 6. The molecule has 12 rings (SSSR count). The van der Waals surface area contributed by atoms with E-state index in [-0.39, 0.29) is 0 Å². The molecular weight excluding hydrogens is 685 g/mol. The molecule has 0 radical (unpaired) electrons. The van der Waals surface area contributed by atoms with Crippen LogP contribution in [0, 0.1) is 0 Å². The Bertz CT molecular complexity index is 3420. The number of benzene rings is 9. The van der Waals surface area contributed by atoms with Crippen molar-refractivity contribution in [2.45, 2.75) is 0 Å². The van der Waals surface area contributed by atoms with Crippen LogP contribution < -0.4 is 0 Å². The quantitative estimate of drug-likeness (QED) is 0.134. The first-order chi connectivity index (χ1) is 27.8. The zero-order valence-corrected chi connectivity index (χ0v) is 30.0. The Kier molecular flexibility index (Phi) is 6.53. The summed E-state index contributed by atoms with van der Waals surface area (Å²) in [6.45, 7) is 0. The number of hydrogen-bond donors (Lipinski definition) is 0. The van der Waals surface area contributed by atoms with E-state index in [1.165, 1.54) is 21.8 Å². The maximum atomic E-state index is 5.45. The van der Waals surface area contributed by atoms with E-state index in [1.54, 1.807) is 0 Å². The van der Waals surface area contributed by atoms with E-state index in [9.17, 15) is 0 Å². The van der Waals surface area contributed by atoms with E-state index in [0.29, 0.717) is 11.6 Å². The van der Waals surface area contributed by atoms with E-state index in [4.69, 9.17) is 20.2 Å². The van der Waals surface area contributed by atoms with Gasteiger partial charge in [-0.25, -0.2) is 9.97 Å². The van der Waals surface area contributed by atoms with Crippen LogP contribution >= 0.6 is 0 Å². The molecule has 0 aliphatic carbocycles. The van der Waals surface area contributed by atoms with Gasteiger partial charge in [-0.05, 0) is 74.8 Å². The van der Waals surface area contributed by atoms with Crippen molar-refractivity contribution in [3.8, 4) is 34.3 Å². The zero-order chi connectivity index (χ0) is 36.7. The summed E-state index contributed by atoms with van der Waals surface area (Å²) in [5.74, 6) is 1.95. The van der Waals surface area contributed by atoms with Crippen LogP contribution in [0.25, 0.3) is 110 Å². The number of para-hydroxylation sites is 2. The largest absolute Gasteiger partial charge is 0.309 e. The predicted molar refractivity (Wildman–Crippen MR) is 230 cm³/mol. The number of aromatic nitrogens is 6. The van der Waals surface area contributed by atoms with E-state index >= 15 is 0 Å². The standard InChI is InChI=1S/C50H30N6/c1-3-15-35-32(13-1)29-33-14-2-4-16-36(33)46(35)49-51-30-45(53-54-49)56-48-42-22-8-6-18-38(42)37-17-5-7-21-41(37)47(48)52-50(56)31-25-27-34(28-26-31)55-43-23-11-9-19-39(43)40-20-10-12-24-44(40)55/h1-30H. The summed E-state index contributed by atoms with van der Waals surface area (Å²) in [6, 6.07) is 62.0. The smallest absolute Gasteiger partial charge is 0.183 e. The highest BCUT2D eigenvalue weighted by Gasteiger charge is 2.22. The maximum Gasteiger partial charge on any atom is 0.183 e. The molecule has 0 spiro atoms. The Morgan fingerprint density at radius 2 is 0.929 bits per heavy atom. The van der Waals surface area contributed by atoms with Crippen LogP contribution in [0.2, 0.25) is 0 Å².